The molecule has 25 heavy (non-hydrogen) atoms. The van der Waals surface area contributed by atoms with E-state index in [1.165, 1.54) is 36.2 Å². The van der Waals surface area contributed by atoms with Crippen LogP contribution in [0.4, 0.5) is 10.1 Å². The summed E-state index contributed by atoms with van der Waals surface area (Å²) in [6, 6.07) is 10.7. The minimum atomic E-state index is -0.440. The Hall–Kier alpha value is -2.37. The molecule has 0 heterocycles. The Bertz CT molecular complexity index is 804. The second-order valence-corrected chi connectivity index (χ2v) is 6.04. The van der Waals surface area contributed by atoms with Crippen molar-refractivity contribution in [1.29, 1.82) is 0 Å². The van der Waals surface area contributed by atoms with Crippen LogP contribution in [0.5, 0.6) is 0 Å². The molecule has 7 heteroatoms. The molecule has 0 aromatic heterocycles. The monoisotopic (exact) mass is 380 g/mol. The van der Waals surface area contributed by atoms with Gasteiger partial charge < -0.3 is 10.2 Å². The van der Waals surface area contributed by atoms with Crippen molar-refractivity contribution in [3.8, 4) is 0 Å². The molecule has 2 rings (SSSR count). The van der Waals surface area contributed by atoms with Crippen LogP contribution in [-0.2, 0) is 9.59 Å². The van der Waals surface area contributed by atoms with Gasteiger partial charge in [0.15, 0.2) is 0 Å². The second kappa shape index (κ2) is 8.65. The molecule has 0 aliphatic rings. The summed E-state index contributed by atoms with van der Waals surface area (Å²) in [5.41, 5.74) is 0.848. The molecule has 2 aromatic rings. The van der Waals surface area contributed by atoms with Gasteiger partial charge in [0.1, 0.15) is 5.82 Å². The van der Waals surface area contributed by atoms with Crippen molar-refractivity contribution >= 4 is 46.8 Å². The van der Waals surface area contributed by atoms with Gasteiger partial charge in [0.25, 0.3) is 0 Å². The first-order chi connectivity index (χ1) is 11.9. The van der Waals surface area contributed by atoms with Crippen molar-refractivity contribution in [2.45, 2.75) is 0 Å². The highest BCUT2D eigenvalue weighted by molar-refractivity contribution is 6.39. The van der Waals surface area contributed by atoms with Gasteiger partial charge in [-0.25, -0.2) is 4.39 Å². The number of hydrogen-bond acceptors (Lipinski definition) is 2. The van der Waals surface area contributed by atoms with Gasteiger partial charge in [0.2, 0.25) is 11.8 Å². The van der Waals surface area contributed by atoms with Gasteiger partial charge in [0, 0.05) is 13.1 Å². The van der Waals surface area contributed by atoms with Gasteiger partial charge in [-0.05, 0) is 35.9 Å². The molecule has 130 valence electrons. The van der Waals surface area contributed by atoms with Crippen LogP contribution in [0.2, 0.25) is 10.0 Å². The molecular weight excluding hydrogens is 366 g/mol. The SMILES string of the molecule is CN(CC(=O)Nc1c(Cl)cccc1Cl)C(=O)/C=C/c1cccc(F)c1. The normalized spacial score (nSPS) is 10.7. The zero-order chi connectivity index (χ0) is 18.4. The predicted molar refractivity (Wildman–Crippen MR) is 98.2 cm³/mol. The van der Waals surface area contributed by atoms with Crippen LogP contribution in [-0.4, -0.2) is 30.3 Å². The molecule has 0 bridgehead atoms. The van der Waals surface area contributed by atoms with Crippen LogP contribution in [0.3, 0.4) is 0 Å². The van der Waals surface area contributed by atoms with Crippen molar-refractivity contribution in [2.24, 2.45) is 0 Å². The third-order valence-electron chi connectivity index (χ3n) is 3.25. The standard InChI is InChI=1S/C18H15Cl2FN2O2/c1-23(17(25)9-8-12-4-2-5-13(21)10-12)11-16(24)22-18-14(19)6-3-7-15(18)20/h2-10H,11H2,1H3,(H,22,24)/b9-8+. The summed E-state index contributed by atoms with van der Waals surface area (Å²) in [5.74, 6) is -1.23. The van der Waals surface area contributed by atoms with Crippen molar-refractivity contribution in [3.05, 3.63) is 70.0 Å². The predicted octanol–water partition coefficient (Wildman–Crippen LogP) is 4.24. The fourth-order valence-corrected chi connectivity index (χ4v) is 2.49. The number of halogens is 3. The molecular formula is C18H15Cl2FN2O2. The molecule has 0 saturated carbocycles. The lowest BCUT2D eigenvalue weighted by Crippen LogP contribution is -2.34. The Kier molecular flexibility index (Phi) is 6.56. The van der Waals surface area contributed by atoms with Gasteiger partial charge in [-0.2, -0.15) is 0 Å². The largest absolute Gasteiger partial charge is 0.333 e. The zero-order valence-electron chi connectivity index (χ0n) is 13.3. The van der Waals surface area contributed by atoms with E-state index in [4.69, 9.17) is 23.2 Å². The first kappa shape index (κ1) is 19.0. The fourth-order valence-electron chi connectivity index (χ4n) is 1.99. The van der Waals surface area contributed by atoms with Crippen molar-refractivity contribution in [2.75, 3.05) is 18.9 Å². The Morgan fingerprint density at radius 1 is 1.16 bits per heavy atom. The van der Waals surface area contributed by atoms with Crippen LogP contribution >= 0.6 is 23.2 Å². The van der Waals surface area contributed by atoms with E-state index in [-0.39, 0.29) is 12.4 Å². The van der Waals surface area contributed by atoms with Gasteiger partial charge in [-0.15, -0.1) is 0 Å². The molecule has 0 radical (unpaired) electrons. The number of carbonyl (C=O) groups is 2. The number of hydrogen-bond donors (Lipinski definition) is 1. The highest BCUT2D eigenvalue weighted by atomic mass is 35.5. The lowest BCUT2D eigenvalue weighted by Gasteiger charge is -2.15. The lowest BCUT2D eigenvalue weighted by molar-refractivity contribution is -0.129. The number of anilines is 1. The van der Waals surface area contributed by atoms with Gasteiger partial charge in [-0.3, -0.25) is 9.59 Å². The van der Waals surface area contributed by atoms with Gasteiger partial charge in [-0.1, -0.05) is 41.4 Å². The van der Waals surface area contributed by atoms with Crippen LogP contribution in [0, 0.1) is 5.82 Å². The molecule has 0 fully saturated rings. The Balaban J connectivity index is 1.95. The summed E-state index contributed by atoms with van der Waals surface area (Å²) in [5, 5.41) is 3.19. The van der Waals surface area contributed by atoms with E-state index in [1.807, 2.05) is 0 Å². The maximum atomic E-state index is 13.1. The number of carbonyl (C=O) groups excluding carboxylic acids is 2. The number of rotatable bonds is 5. The fraction of sp³-hybridized carbons (Fsp3) is 0.111. The summed E-state index contributed by atoms with van der Waals surface area (Å²) < 4.78 is 13.1. The molecule has 4 nitrogen and oxygen atoms in total. The molecule has 0 saturated heterocycles. The minimum Gasteiger partial charge on any atom is -0.333 e. The van der Waals surface area contributed by atoms with E-state index >= 15 is 0 Å². The Morgan fingerprint density at radius 2 is 1.80 bits per heavy atom. The van der Waals surface area contributed by atoms with Crippen molar-refractivity contribution in [3.63, 3.8) is 0 Å². The highest BCUT2D eigenvalue weighted by Crippen LogP contribution is 2.29. The van der Waals surface area contributed by atoms with Crippen LogP contribution in [0.1, 0.15) is 5.56 Å². The van der Waals surface area contributed by atoms with Crippen LogP contribution in [0.15, 0.2) is 48.5 Å². The number of likely N-dealkylation sites (N-methyl/N-ethyl adjacent to an activating group) is 1. The summed E-state index contributed by atoms with van der Waals surface area (Å²) in [6.45, 7) is -0.187. The number of nitrogens with one attached hydrogen (secondary N) is 1. The lowest BCUT2D eigenvalue weighted by atomic mass is 10.2. The molecule has 0 atom stereocenters. The second-order valence-electron chi connectivity index (χ2n) is 5.23. The molecule has 0 unspecified atom stereocenters. The Morgan fingerprint density at radius 3 is 2.44 bits per heavy atom. The first-order valence-corrected chi connectivity index (χ1v) is 8.05. The third kappa shape index (κ3) is 5.59. The smallest absolute Gasteiger partial charge is 0.246 e. The number of amides is 2. The summed E-state index contributed by atoms with van der Waals surface area (Å²) in [6.07, 6.45) is 2.75. The average Bonchev–Trinajstić information content (AvgIpc) is 2.56. The van der Waals surface area contributed by atoms with Gasteiger partial charge >= 0.3 is 0 Å². The highest BCUT2D eigenvalue weighted by Gasteiger charge is 2.13. The Labute approximate surface area is 154 Å². The number of nitrogens with zero attached hydrogens (tertiary/aromatic N) is 1. The van der Waals surface area contributed by atoms with E-state index < -0.39 is 11.8 Å². The zero-order valence-corrected chi connectivity index (χ0v) is 14.8. The van der Waals surface area contributed by atoms with E-state index in [0.717, 1.165) is 0 Å². The van der Waals surface area contributed by atoms with E-state index in [2.05, 4.69) is 5.32 Å². The maximum absolute atomic E-state index is 13.1. The quantitative estimate of drug-likeness (QED) is 0.788. The van der Waals surface area contributed by atoms with E-state index in [9.17, 15) is 14.0 Å². The number of benzene rings is 2. The minimum absolute atomic E-state index is 0.187. The topological polar surface area (TPSA) is 49.4 Å². The van der Waals surface area contributed by atoms with Crippen LogP contribution in [0.25, 0.3) is 6.08 Å². The molecule has 0 aliphatic carbocycles. The van der Waals surface area contributed by atoms with E-state index in [1.54, 1.807) is 30.3 Å². The average molecular weight is 381 g/mol. The number of para-hydroxylation sites is 1. The first-order valence-electron chi connectivity index (χ1n) is 7.29. The van der Waals surface area contributed by atoms with Gasteiger partial charge in [0.05, 0.1) is 22.3 Å². The summed E-state index contributed by atoms with van der Waals surface area (Å²) in [7, 11) is 1.48. The maximum Gasteiger partial charge on any atom is 0.246 e. The molecule has 1 N–H and O–H groups in total. The van der Waals surface area contributed by atoms with Crippen LogP contribution < -0.4 is 5.32 Å². The van der Waals surface area contributed by atoms with Crippen molar-refractivity contribution < 1.29 is 14.0 Å². The third-order valence-corrected chi connectivity index (χ3v) is 3.88. The molecule has 0 spiro atoms. The summed E-state index contributed by atoms with van der Waals surface area (Å²) in [4.78, 5) is 25.3. The molecule has 2 aromatic carbocycles. The summed E-state index contributed by atoms with van der Waals surface area (Å²) >= 11 is 12.0. The van der Waals surface area contributed by atoms with E-state index in [0.29, 0.717) is 21.3 Å². The van der Waals surface area contributed by atoms with Crippen molar-refractivity contribution in [1.82, 2.24) is 4.90 Å². The molecule has 0 aliphatic heterocycles. The molecule has 2 amide bonds.